The molecule has 0 fully saturated rings. The summed E-state index contributed by atoms with van der Waals surface area (Å²) in [6.07, 6.45) is 3.46. The number of rotatable bonds is 6. The smallest absolute Gasteiger partial charge is 0.251 e. The highest BCUT2D eigenvalue weighted by Crippen LogP contribution is 2.38. The number of fused-ring (bicyclic) bond motifs is 1. The highest BCUT2D eigenvalue weighted by molar-refractivity contribution is 6.32. The fourth-order valence-corrected chi connectivity index (χ4v) is 3.22. The Kier molecular flexibility index (Phi) is 5.81. The molecule has 1 aliphatic rings. The number of aromatic nitrogens is 1. The highest BCUT2D eigenvalue weighted by Gasteiger charge is 2.17. The molecule has 0 unspecified atom stereocenters. The van der Waals surface area contributed by atoms with Gasteiger partial charge in [0, 0.05) is 30.1 Å². The lowest BCUT2D eigenvalue weighted by atomic mass is 10.1. The molecule has 0 aliphatic carbocycles. The van der Waals surface area contributed by atoms with E-state index in [1.165, 1.54) is 0 Å². The molecule has 0 saturated heterocycles. The molecular weight excluding hydrogens is 392 g/mol. The SMILES string of the molecule is O=C(NCc1cc(Cl)c2c(c1)OCCO2)c1cccc(OCc2cccnc2)c1. The number of hydrogen-bond acceptors (Lipinski definition) is 5. The number of nitrogens with one attached hydrogen (secondary N) is 1. The Hall–Kier alpha value is -3.25. The summed E-state index contributed by atoms with van der Waals surface area (Å²) in [5, 5.41) is 3.36. The van der Waals surface area contributed by atoms with E-state index in [-0.39, 0.29) is 5.91 Å². The Bertz CT molecular complexity index is 1010. The first kappa shape index (κ1) is 19.1. The molecule has 0 atom stereocenters. The van der Waals surface area contributed by atoms with Gasteiger partial charge in [-0.3, -0.25) is 9.78 Å². The van der Waals surface area contributed by atoms with Crippen LogP contribution >= 0.6 is 11.6 Å². The summed E-state index contributed by atoms with van der Waals surface area (Å²) in [7, 11) is 0. The summed E-state index contributed by atoms with van der Waals surface area (Å²) in [5.74, 6) is 1.55. The van der Waals surface area contributed by atoms with Crippen LogP contribution in [0.15, 0.2) is 60.9 Å². The minimum absolute atomic E-state index is 0.206. The third-order valence-electron chi connectivity index (χ3n) is 4.33. The number of carbonyl (C=O) groups excluding carboxylic acids is 1. The zero-order valence-corrected chi connectivity index (χ0v) is 16.3. The maximum absolute atomic E-state index is 12.6. The number of nitrogens with zero attached hydrogens (tertiary/aromatic N) is 1. The van der Waals surface area contributed by atoms with E-state index in [4.69, 9.17) is 25.8 Å². The van der Waals surface area contributed by atoms with Gasteiger partial charge >= 0.3 is 0 Å². The number of halogens is 1. The van der Waals surface area contributed by atoms with E-state index in [1.807, 2.05) is 24.3 Å². The van der Waals surface area contributed by atoms with Crippen molar-refractivity contribution in [3.8, 4) is 17.2 Å². The van der Waals surface area contributed by atoms with E-state index in [0.29, 0.717) is 54.2 Å². The van der Waals surface area contributed by atoms with Crippen LogP contribution in [0.4, 0.5) is 0 Å². The molecule has 29 heavy (non-hydrogen) atoms. The van der Waals surface area contributed by atoms with Crippen molar-refractivity contribution in [1.29, 1.82) is 0 Å². The fourth-order valence-electron chi connectivity index (χ4n) is 2.93. The van der Waals surface area contributed by atoms with Crippen LogP contribution in [0.25, 0.3) is 0 Å². The molecule has 7 heteroatoms. The van der Waals surface area contributed by atoms with Gasteiger partial charge in [-0.1, -0.05) is 23.7 Å². The van der Waals surface area contributed by atoms with Gasteiger partial charge < -0.3 is 19.5 Å². The monoisotopic (exact) mass is 410 g/mol. The molecule has 0 bridgehead atoms. The first-order valence-electron chi connectivity index (χ1n) is 9.17. The summed E-state index contributed by atoms with van der Waals surface area (Å²) in [6.45, 7) is 1.65. The van der Waals surface area contributed by atoms with Crippen LogP contribution in [0.1, 0.15) is 21.5 Å². The van der Waals surface area contributed by atoms with E-state index in [2.05, 4.69) is 10.3 Å². The van der Waals surface area contributed by atoms with E-state index < -0.39 is 0 Å². The summed E-state index contributed by atoms with van der Waals surface area (Å²) in [5.41, 5.74) is 2.30. The molecule has 2 heterocycles. The standard InChI is InChI=1S/C22H19ClN2O4/c23-19-9-16(10-20-21(19)28-8-7-27-20)13-25-22(26)17-4-1-5-18(11-17)29-14-15-3-2-6-24-12-15/h1-6,9-12H,7-8,13-14H2,(H,25,26). The number of benzene rings is 2. The second-order valence-corrected chi connectivity index (χ2v) is 6.87. The molecule has 1 N–H and O–H groups in total. The molecule has 4 rings (SSSR count). The van der Waals surface area contributed by atoms with Gasteiger partial charge in [0.25, 0.3) is 5.91 Å². The van der Waals surface area contributed by atoms with E-state index >= 15 is 0 Å². The Balaban J connectivity index is 1.38. The average Bonchev–Trinajstić information content (AvgIpc) is 2.77. The van der Waals surface area contributed by atoms with Crippen molar-refractivity contribution in [3.63, 3.8) is 0 Å². The fraction of sp³-hybridized carbons (Fsp3) is 0.182. The maximum Gasteiger partial charge on any atom is 0.251 e. The summed E-state index contributed by atoms with van der Waals surface area (Å²) in [4.78, 5) is 16.6. The Morgan fingerprint density at radius 3 is 2.86 bits per heavy atom. The second kappa shape index (κ2) is 8.84. The van der Waals surface area contributed by atoms with Crippen LogP contribution < -0.4 is 19.5 Å². The van der Waals surface area contributed by atoms with E-state index in [1.54, 1.807) is 36.7 Å². The average molecular weight is 411 g/mol. The van der Waals surface area contributed by atoms with Crippen LogP contribution in [0.3, 0.4) is 0 Å². The van der Waals surface area contributed by atoms with Crippen molar-refractivity contribution < 1.29 is 19.0 Å². The quantitative estimate of drug-likeness (QED) is 0.664. The zero-order chi connectivity index (χ0) is 20.1. The Labute approximate surface area is 173 Å². The van der Waals surface area contributed by atoms with Crippen molar-refractivity contribution in [2.75, 3.05) is 13.2 Å². The van der Waals surface area contributed by atoms with Crippen LogP contribution in [0.2, 0.25) is 5.02 Å². The van der Waals surface area contributed by atoms with Gasteiger partial charge in [0.05, 0.1) is 5.02 Å². The Morgan fingerprint density at radius 1 is 1.10 bits per heavy atom. The number of amides is 1. The van der Waals surface area contributed by atoms with E-state index in [0.717, 1.165) is 11.1 Å². The molecular formula is C22H19ClN2O4. The molecule has 6 nitrogen and oxygen atoms in total. The van der Waals surface area contributed by atoms with Gasteiger partial charge in [-0.25, -0.2) is 0 Å². The minimum atomic E-state index is -0.206. The Morgan fingerprint density at radius 2 is 2.00 bits per heavy atom. The van der Waals surface area contributed by atoms with E-state index in [9.17, 15) is 4.79 Å². The van der Waals surface area contributed by atoms with Gasteiger partial charge in [-0.2, -0.15) is 0 Å². The zero-order valence-electron chi connectivity index (χ0n) is 15.6. The van der Waals surface area contributed by atoms with Crippen LogP contribution in [-0.2, 0) is 13.2 Å². The molecule has 1 amide bonds. The molecule has 0 radical (unpaired) electrons. The summed E-state index contributed by atoms with van der Waals surface area (Å²) < 4.78 is 16.8. The molecule has 0 spiro atoms. The lowest BCUT2D eigenvalue weighted by molar-refractivity contribution is 0.0950. The number of pyridine rings is 1. The number of carbonyl (C=O) groups is 1. The van der Waals surface area contributed by atoms with Crippen molar-refractivity contribution in [2.24, 2.45) is 0 Å². The minimum Gasteiger partial charge on any atom is -0.489 e. The lowest BCUT2D eigenvalue weighted by Crippen LogP contribution is -2.23. The third kappa shape index (κ3) is 4.78. The lowest BCUT2D eigenvalue weighted by Gasteiger charge is -2.20. The highest BCUT2D eigenvalue weighted by atomic mass is 35.5. The van der Waals surface area contributed by atoms with Crippen LogP contribution in [0.5, 0.6) is 17.2 Å². The van der Waals surface area contributed by atoms with Crippen LogP contribution in [-0.4, -0.2) is 24.1 Å². The van der Waals surface area contributed by atoms with Gasteiger partial charge in [0.2, 0.25) is 0 Å². The second-order valence-electron chi connectivity index (χ2n) is 6.46. The molecule has 148 valence electrons. The normalized spacial score (nSPS) is 12.3. The van der Waals surface area contributed by atoms with Gasteiger partial charge in [0.1, 0.15) is 25.6 Å². The first-order chi connectivity index (χ1) is 14.2. The molecule has 2 aromatic carbocycles. The van der Waals surface area contributed by atoms with Crippen molar-refractivity contribution >= 4 is 17.5 Å². The van der Waals surface area contributed by atoms with Gasteiger partial charge in [-0.15, -0.1) is 0 Å². The first-order valence-corrected chi connectivity index (χ1v) is 9.55. The summed E-state index contributed by atoms with van der Waals surface area (Å²) in [6, 6.07) is 14.4. The van der Waals surface area contributed by atoms with Crippen LogP contribution in [0, 0.1) is 0 Å². The van der Waals surface area contributed by atoms with Crippen molar-refractivity contribution in [3.05, 3.63) is 82.6 Å². The topological polar surface area (TPSA) is 69.7 Å². The number of hydrogen-bond donors (Lipinski definition) is 1. The molecule has 3 aromatic rings. The maximum atomic E-state index is 12.6. The molecule has 1 aromatic heterocycles. The third-order valence-corrected chi connectivity index (χ3v) is 4.61. The summed E-state index contributed by atoms with van der Waals surface area (Å²) >= 11 is 6.25. The van der Waals surface area contributed by atoms with Gasteiger partial charge in [0.15, 0.2) is 11.5 Å². The largest absolute Gasteiger partial charge is 0.489 e. The molecule has 0 saturated carbocycles. The predicted molar refractivity (Wildman–Crippen MR) is 109 cm³/mol. The van der Waals surface area contributed by atoms with Crippen molar-refractivity contribution in [2.45, 2.75) is 13.2 Å². The predicted octanol–water partition coefficient (Wildman–Crippen LogP) is 4.02. The molecule has 1 aliphatic heterocycles. The van der Waals surface area contributed by atoms with Gasteiger partial charge in [-0.05, 0) is 42.0 Å². The van der Waals surface area contributed by atoms with Crippen molar-refractivity contribution in [1.82, 2.24) is 10.3 Å². The number of ether oxygens (including phenoxy) is 3.